The number of aliphatic hydroxyl groups is 1. The van der Waals surface area contributed by atoms with Crippen molar-refractivity contribution >= 4 is 11.9 Å². The Morgan fingerprint density at radius 1 is 0.500 bits per heavy atom. The maximum absolute atomic E-state index is 12.1. The number of hydrogen-bond acceptors (Lipinski definition) is 5. The van der Waals surface area contributed by atoms with E-state index in [9.17, 15) is 14.7 Å². The van der Waals surface area contributed by atoms with Crippen LogP contribution in [-0.2, 0) is 19.1 Å². The number of aliphatic hydroxyl groups excluding tert-OH is 1. The fraction of sp³-hybridized carbons (Fsp3) is 0.581. The minimum Gasteiger partial charge on any atom is -0.462 e. The molecule has 0 aromatic rings. The van der Waals surface area contributed by atoms with E-state index in [1.807, 2.05) is 12.2 Å². The largest absolute Gasteiger partial charge is 0.462 e. The molecule has 0 saturated heterocycles. The molecule has 0 aliphatic heterocycles. The van der Waals surface area contributed by atoms with Crippen LogP contribution < -0.4 is 0 Å². The molecular weight excluding hydrogens is 596 g/mol. The standard InChI is InChI=1S/C43H68O5/c1-3-5-7-9-11-13-15-17-19-20-21-22-24-25-27-29-31-33-35-37-42(45)47-40-41(39-44)48-43(46)38-36-34-32-30-28-26-23-18-16-14-12-10-8-6-4-2/h6,8,11-14,17-19,21-23,25,27,31,33,41,44H,3-5,7,9-10,15-16,20,24,26,28-30,32,34-40H2,1-2H3. The first kappa shape index (κ1) is 44.8. The van der Waals surface area contributed by atoms with Gasteiger partial charge in [-0.25, -0.2) is 0 Å². The van der Waals surface area contributed by atoms with Crippen molar-refractivity contribution in [1.82, 2.24) is 0 Å². The number of unbranched alkanes of at least 4 members (excludes halogenated alkanes) is 8. The quantitative estimate of drug-likeness (QED) is 0.0440. The molecule has 0 fully saturated rings. The van der Waals surface area contributed by atoms with Crippen LogP contribution in [0.15, 0.2) is 97.2 Å². The molecule has 0 radical (unpaired) electrons. The van der Waals surface area contributed by atoms with Crippen LogP contribution in [0, 0.1) is 0 Å². The van der Waals surface area contributed by atoms with E-state index in [2.05, 4.69) is 98.9 Å². The lowest BCUT2D eigenvalue weighted by Gasteiger charge is -2.15. The summed E-state index contributed by atoms with van der Waals surface area (Å²) in [5.41, 5.74) is 0. The number of allylic oxidation sites excluding steroid dienone is 16. The number of ether oxygens (including phenoxy) is 2. The third kappa shape index (κ3) is 35.7. The van der Waals surface area contributed by atoms with Gasteiger partial charge >= 0.3 is 11.9 Å². The molecule has 0 aromatic carbocycles. The predicted octanol–water partition coefficient (Wildman–Crippen LogP) is 11.7. The van der Waals surface area contributed by atoms with Gasteiger partial charge in [0.25, 0.3) is 0 Å². The normalized spacial score (nSPS) is 13.3. The summed E-state index contributed by atoms with van der Waals surface area (Å²) in [7, 11) is 0. The van der Waals surface area contributed by atoms with Gasteiger partial charge in [-0.1, -0.05) is 143 Å². The topological polar surface area (TPSA) is 72.8 Å². The van der Waals surface area contributed by atoms with Crippen molar-refractivity contribution in [3.8, 4) is 0 Å². The molecule has 0 heterocycles. The molecule has 1 atom stereocenters. The summed E-state index contributed by atoms with van der Waals surface area (Å²) in [6.07, 6.45) is 53.3. The molecule has 0 spiro atoms. The lowest BCUT2D eigenvalue weighted by Crippen LogP contribution is -2.28. The van der Waals surface area contributed by atoms with E-state index < -0.39 is 6.10 Å². The van der Waals surface area contributed by atoms with Crippen molar-refractivity contribution < 1.29 is 24.2 Å². The zero-order valence-electron chi connectivity index (χ0n) is 30.5. The van der Waals surface area contributed by atoms with Gasteiger partial charge in [0.15, 0.2) is 6.10 Å². The molecular formula is C43H68O5. The van der Waals surface area contributed by atoms with Gasteiger partial charge in [0.2, 0.25) is 0 Å². The molecule has 0 bridgehead atoms. The maximum Gasteiger partial charge on any atom is 0.306 e. The summed E-state index contributed by atoms with van der Waals surface area (Å²) in [6.45, 7) is 3.89. The smallest absolute Gasteiger partial charge is 0.306 e. The second kappa shape index (κ2) is 38.3. The number of carbonyl (C=O) groups is 2. The predicted molar refractivity (Wildman–Crippen MR) is 205 cm³/mol. The van der Waals surface area contributed by atoms with Gasteiger partial charge in [0, 0.05) is 12.8 Å². The lowest BCUT2D eigenvalue weighted by molar-refractivity contribution is -0.161. The highest BCUT2D eigenvalue weighted by atomic mass is 16.6. The van der Waals surface area contributed by atoms with Crippen molar-refractivity contribution in [2.75, 3.05) is 13.2 Å². The van der Waals surface area contributed by atoms with E-state index in [0.717, 1.165) is 83.5 Å². The van der Waals surface area contributed by atoms with Gasteiger partial charge in [-0.05, 0) is 83.5 Å². The van der Waals surface area contributed by atoms with Gasteiger partial charge in [-0.15, -0.1) is 0 Å². The van der Waals surface area contributed by atoms with Gasteiger partial charge in [-0.3, -0.25) is 9.59 Å². The monoisotopic (exact) mass is 665 g/mol. The molecule has 0 saturated carbocycles. The fourth-order valence-electron chi connectivity index (χ4n) is 4.55. The molecule has 1 N–H and O–H groups in total. The molecule has 5 heteroatoms. The van der Waals surface area contributed by atoms with E-state index in [-0.39, 0.29) is 31.6 Å². The highest BCUT2D eigenvalue weighted by Crippen LogP contribution is 2.10. The maximum atomic E-state index is 12.1. The van der Waals surface area contributed by atoms with E-state index in [4.69, 9.17) is 9.47 Å². The third-order valence-corrected chi connectivity index (χ3v) is 7.38. The van der Waals surface area contributed by atoms with Gasteiger partial charge in [0.05, 0.1) is 6.61 Å². The lowest BCUT2D eigenvalue weighted by atomic mass is 10.1. The number of esters is 2. The van der Waals surface area contributed by atoms with E-state index in [1.165, 1.54) is 25.7 Å². The number of rotatable bonds is 32. The van der Waals surface area contributed by atoms with Crippen LogP contribution in [0.25, 0.3) is 0 Å². The first-order valence-electron chi connectivity index (χ1n) is 18.8. The molecule has 0 aliphatic rings. The third-order valence-electron chi connectivity index (χ3n) is 7.38. The Hall–Kier alpha value is -3.18. The molecule has 0 aromatic heterocycles. The SMILES string of the molecule is CCC=CCC=CCC=CCCCCCCCC(=O)OC(CO)COC(=O)CCC=CCC=CCC=CCC=CCC=CCCCCC. The number of carbonyl (C=O) groups excluding carboxylic acids is 2. The summed E-state index contributed by atoms with van der Waals surface area (Å²) in [4.78, 5) is 24.2. The Kier molecular flexibility index (Phi) is 35.7. The second-order valence-corrected chi connectivity index (χ2v) is 11.9. The first-order chi connectivity index (χ1) is 23.6. The molecule has 0 rings (SSSR count). The van der Waals surface area contributed by atoms with Crippen LogP contribution in [-0.4, -0.2) is 36.4 Å². The van der Waals surface area contributed by atoms with E-state index in [1.54, 1.807) is 0 Å². The molecule has 0 aliphatic carbocycles. The minimum absolute atomic E-state index is 0.119. The van der Waals surface area contributed by atoms with Gasteiger partial charge in [0.1, 0.15) is 6.61 Å². The van der Waals surface area contributed by atoms with Crippen LogP contribution in [0.1, 0.15) is 142 Å². The Labute approximate surface area is 294 Å². The Balaban J connectivity index is 3.77. The molecule has 0 amide bonds. The summed E-state index contributed by atoms with van der Waals surface area (Å²) in [5.74, 6) is -0.718. The van der Waals surface area contributed by atoms with Crippen LogP contribution in [0.3, 0.4) is 0 Å². The molecule has 5 nitrogen and oxygen atoms in total. The van der Waals surface area contributed by atoms with Gasteiger partial charge in [-0.2, -0.15) is 0 Å². The van der Waals surface area contributed by atoms with Crippen molar-refractivity contribution in [1.29, 1.82) is 0 Å². The first-order valence-corrected chi connectivity index (χ1v) is 18.8. The summed E-state index contributed by atoms with van der Waals surface area (Å²) in [5, 5.41) is 9.53. The van der Waals surface area contributed by atoms with E-state index >= 15 is 0 Å². The van der Waals surface area contributed by atoms with Crippen LogP contribution in [0.2, 0.25) is 0 Å². The van der Waals surface area contributed by atoms with Crippen molar-refractivity contribution in [2.45, 2.75) is 148 Å². The van der Waals surface area contributed by atoms with Crippen LogP contribution >= 0.6 is 0 Å². The van der Waals surface area contributed by atoms with Crippen LogP contribution in [0.5, 0.6) is 0 Å². The zero-order valence-corrected chi connectivity index (χ0v) is 30.5. The fourth-order valence-corrected chi connectivity index (χ4v) is 4.55. The van der Waals surface area contributed by atoms with Crippen molar-refractivity contribution in [3.63, 3.8) is 0 Å². The molecule has 270 valence electrons. The Morgan fingerprint density at radius 3 is 1.44 bits per heavy atom. The van der Waals surface area contributed by atoms with E-state index in [0.29, 0.717) is 12.8 Å². The summed E-state index contributed by atoms with van der Waals surface area (Å²) in [6, 6.07) is 0. The molecule has 1 unspecified atom stereocenters. The highest BCUT2D eigenvalue weighted by molar-refractivity contribution is 5.70. The minimum atomic E-state index is -0.816. The van der Waals surface area contributed by atoms with Crippen molar-refractivity contribution in [2.24, 2.45) is 0 Å². The highest BCUT2D eigenvalue weighted by Gasteiger charge is 2.15. The summed E-state index contributed by atoms with van der Waals surface area (Å²) >= 11 is 0. The summed E-state index contributed by atoms with van der Waals surface area (Å²) < 4.78 is 10.5. The second-order valence-electron chi connectivity index (χ2n) is 11.9. The number of hydrogen-bond donors (Lipinski definition) is 1. The zero-order chi connectivity index (χ0) is 35.0. The average molecular weight is 665 g/mol. The van der Waals surface area contributed by atoms with Crippen LogP contribution in [0.4, 0.5) is 0 Å². The average Bonchev–Trinajstić information content (AvgIpc) is 3.09. The van der Waals surface area contributed by atoms with Crippen molar-refractivity contribution in [3.05, 3.63) is 97.2 Å². The Bertz CT molecular complexity index is 979. The molecule has 48 heavy (non-hydrogen) atoms. The van der Waals surface area contributed by atoms with Gasteiger partial charge < -0.3 is 14.6 Å². The Morgan fingerprint density at radius 2 is 0.938 bits per heavy atom.